The molecule has 0 aliphatic carbocycles. The largest absolute Gasteiger partial charge is 0.467 e. The van der Waals surface area contributed by atoms with Gasteiger partial charge in [-0.2, -0.15) is 0 Å². The molecule has 6 nitrogen and oxygen atoms in total. The third-order valence-corrected chi connectivity index (χ3v) is 4.70. The van der Waals surface area contributed by atoms with Crippen molar-refractivity contribution in [1.29, 1.82) is 0 Å². The van der Waals surface area contributed by atoms with Crippen molar-refractivity contribution in [3.05, 3.63) is 69.9 Å². The van der Waals surface area contributed by atoms with Gasteiger partial charge in [-0.3, -0.25) is 9.59 Å². The molecule has 0 aromatic heterocycles. The molecule has 0 radical (unpaired) electrons. The predicted molar refractivity (Wildman–Crippen MR) is 110 cm³/mol. The number of ether oxygens (including phenoxy) is 1. The minimum Gasteiger partial charge on any atom is -0.467 e. The van der Waals surface area contributed by atoms with Gasteiger partial charge in [0, 0.05) is 24.2 Å². The van der Waals surface area contributed by atoms with Gasteiger partial charge in [0.25, 0.3) is 0 Å². The summed E-state index contributed by atoms with van der Waals surface area (Å²) in [7, 11) is 1.23. The van der Waals surface area contributed by atoms with Gasteiger partial charge in [0.2, 0.25) is 11.8 Å². The summed E-state index contributed by atoms with van der Waals surface area (Å²) in [4.78, 5) is 36.6. The first-order chi connectivity index (χ1) is 13.8. The van der Waals surface area contributed by atoms with Crippen LogP contribution in [0.4, 0.5) is 4.39 Å². The smallest absolute Gasteiger partial charge is 0.328 e. The first-order valence-corrected chi connectivity index (χ1v) is 9.72. The Hall–Kier alpha value is -2.74. The van der Waals surface area contributed by atoms with Crippen molar-refractivity contribution in [2.45, 2.75) is 31.8 Å². The van der Waals surface area contributed by atoms with E-state index < -0.39 is 35.7 Å². The van der Waals surface area contributed by atoms with E-state index in [0.717, 1.165) is 10.0 Å². The molecule has 0 aliphatic rings. The van der Waals surface area contributed by atoms with Gasteiger partial charge in [-0.15, -0.1) is 0 Å². The summed E-state index contributed by atoms with van der Waals surface area (Å²) >= 11 is 3.36. The Labute approximate surface area is 177 Å². The lowest BCUT2D eigenvalue weighted by atomic mass is 10.0. The normalized spacial score (nSPS) is 12.6. The molecule has 0 spiro atoms. The number of amides is 2. The molecule has 2 atom stereocenters. The van der Waals surface area contributed by atoms with Gasteiger partial charge in [0.15, 0.2) is 0 Å². The standard InChI is InChI=1S/C21H22BrFN2O4/c1-13(26)24-18(12-15-7-3-4-9-17(15)23)20(27)25-19(21(28)29-2)11-14-6-5-8-16(22)10-14/h3-10,18-19H,11-12H2,1-2H3,(H,24,26)(H,25,27)/t18-,19-/m1/s1. The molecule has 0 heterocycles. The lowest BCUT2D eigenvalue weighted by Crippen LogP contribution is -2.53. The summed E-state index contributed by atoms with van der Waals surface area (Å²) in [5.41, 5.74) is 1.09. The second kappa shape index (κ2) is 10.7. The zero-order valence-corrected chi connectivity index (χ0v) is 17.7. The number of hydrogen-bond acceptors (Lipinski definition) is 4. The average molecular weight is 465 g/mol. The molecule has 2 amide bonds. The van der Waals surface area contributed by atoms with Gasteiger partial charge < -0.3 is 15.4 Å². The molecule has 0 saturated carbocycles. The minimum absolute atomic E-state index is 0.0527. The van der Waals surface area contributed by atoms with Crippen LogP contribution in [0.3, 0.4) is 0 Å². The van der Waals surface area contributed by atoms with Crippen LogP contribution in [0.1, 0.15) is 18.1 Å². The highest BCUT2D eigenvalue weighted by atomic mass is 79.9. The van der Waals surface area contributed by atoms with Crippen LogP contribution >= 0.6 is 15.9 Å². The SMILES string of the molecule is COC(=O)[C@@H](Cc1cccc(Br)c1)NC(=O)[C@@H](Cc1ccccc1F)NC(C)=O. The van der Waals surface area contributed by atoms with E-state index in [9.17, 15) is 18.8 Å². The molecule has 0 bridgehead atoms. The molecule has 8 heteroatoms. The fourth-order valence-corrected chi connectivity index (χ4v) is 3.29. The molecule has 29 heavy (non-hydrogen) atoms. The van der Waals surface area contributed by atoms with E-state index in [2.05, 4.69) is 26.6 Å². The average Bonchev–Trinajstić information content (AvgIpc) is 2.67. The molecule has 0 aliphatic heterocycles. The van der Waals surface area contributed by atoms with Crippen molar-refractivity contribution in [3.63, 3.8) is 0 Å². The molecule has 2 N–H and O–H groups in total. The Morgan fingerprint density at radius 1 is 1.03 bits per heavy atom. The Kier molecular flexibility index (Phi) is 8.33. The van der Waals surface area contributed by atoms with Gasteiger partial charge in [0.1, 0.15) is 17.9 Å². The zero-order chi connectivity index (χ0) is 21.4. The Bertz CT molecular complexity index is 890. The third kappa shape index (κ3) is 6.98. The van der Waals surface area contributed by atoms with Crippen LogP contribution in [0.15, 0.2) is 53.0 Å². The van der Waals surface area contributed by atoms with E-state index in [-0.39, 0.29) is 18.4 Å². The molecule has 2 rings (SSSR count). The highest BCUT2D eigenvalue weighted by molar-refractivity contribution is 9.10. The van der Waals surface area contributed by atoms with E-state index in [1.807, 2.05) is 24.3 Å². The van der Waals surface area contributed by atoms with Crippen molar-refractivity contribution in [3.8, 4) is 0 Å². The maximum Gasteiger partial charge on any atom is 0.328 e. The van der Waals surface area contributed by atoms with Gasteiger partial charge in [-0.05, 0) is 29.3 Å². The Balaban J connectivity index is 2.19. The number of rotatable bonds is 8. The summed E-state index contributed by atoms with van der Waals surface area (Å²) in [6, 6.07) is 11.3. The second-order valence-electron chi connectivity index (χ2n) is 6.47. The van der Waals surface area contributed by atoms with Gasteiger partial charge >= 0.3 is 5.97 Å². The summed E-state index contributed by atoms with van der Waals surface area (Å²) in [6.45, 7) is 1.26. The highest BCUT2D eigenvalue weighted by Gasteiger charge is 2.27. The van der Waals surface area contributed by atoms with E-state index >= 15 is 0 Å². The van der Waals surface area contributed by atoms with Gasteiger partial charge in [-0.25, -0.2) is 9.18 Å². The van der Waals surface area contributed by atoms with Crippen molar-refractivity contribution < 1.29 is 23.5 Å². The van der Waals surface area contributed by atoms with Crippen LogP contribution < -0.4 is 10.6 Å². The molecule has 0 fully saturated rings. The van der Waals surface area contributed by atoms with E-state index in [0.29, 0.717) is 0 Å². The van der Waals surface area contributed by atoms with Crippen molar-refractivity contribution in [1.82, 2.24) is 10.6 Å². The topological polar surface area (TPSA) is 84.5 Å². The number of halogens is 2. The van der Waals surface area contributed by atoms with Crippen LogP contribution in [0.2, 0.25) is 0 Å². The van der Waals surface area contributed by atoms with Crippen LogP contribution in [0, 0.1) is 5.82 Å². The maximum absolute atomic E-state index is 14.0. The van der Waals surface area contributed by atoms with Crippen molar-refractivity contribution >= 4 is 33.7 Å². The van der Waals surface area contributed by atoms with Crippen molar-refractivity contribution in [2.75, 3.05) is 7.11 Å². The van der Waals surface area contributed by atoms with E-state index in [1.165, 1.54) is 32.2 Å². The number of benzene rings is 2. The zero-order valence-electron chi connectivity index (χ0n) is 16.1. The molecular weight excluding hydrogens is 443 g/mol. The third-order valence-electron chi connectivity index (χ3n) is 4.21. The lowest BCUT2D eigenvalue weighted by molar-refractivity contribution is -0.145. The summed E-state index contributed by atoms with van der Waals surface area (Å²) in [5, 5.41) is 5.13. The predicted octanol–water partition coefficient (Wildman–Crippen LogP) is 2.54. The van der Waals surface area contributed by atoms with Crippen LogP contribution in [0.25, 0.3) is 0 Å². The van der Waals surface area contributed by atoms with Crippen molar-refractivity contribution in [2.24, 2.45) is 0 Å². The van der Waals surface area contributed by atoms with Crippen LogP contribution in [-0.2, 0) is 32.0 Å². The second-order valence-corrected chi connectivity index (χ2v) is 7.38. The number of esters is 1. The molecule has 2 aromatic carbocycles. The molecule has 0 saturated heterocycles. The number of methoxy groups -OCH3 is 1. The fraction of sp³-hybridized carbons (Fsp3) is 0.286. The first kappa shape index (κ1) is 22.5. The van der Waals surface area contributed by atoms with Crippen LogP contribution in [-0.4, -0.2) is 37.0 Å². The molecule has 2 aromatic rings. The Morgan fingerprint density at radius 3 is 2.38 bits per heavy atom. The highest BCUT2D eigenvalue weighted by Crippen LogP contribution is 2.14. The maximum atomic E-state index is 14.0. The van der Waals surface area contributed by atoms with Crippen LogP contribution in [0.5, 0.6) is 0 Å². The number of carbonyl (C=O) groups excluding carboxylic acids is 3. The summed E-state index contributed by atoms with van der Waals surface area (Å²) in [6.07, 6.45) is 0.146. The first-order valence-electron chi connectivity index (χ1n) is 8.93. The molecule has 0 unspecified atom stereocenters. The number of carbonyl (C=O) groups is 3. The minimum atomic E-state index is -1.04. The monoisotopic (exact) mass is 464 g/mol. The Morgan fingerprint density at radius 2 is 1.76 bits per heavy atom. The summed E-state index contributed by atoms with van der Waals surface area (Å²) in [5.74, 6) is -2.14. The van der Waals surface area contributed by atoms with Gasteiger partial charge in [0.05, 0.1) is 7.11 Å². The quantitative estimate of drug-likeness (QED) is 0.587. The fourth-order valence-electron chi connectivity index (χ4n) is 2.85. The summed E-state index contributed by atoms with van der Waals surface area (Å²) < 4.78 is 19.6. The molecule has 154 valence electrons. The lowest BCUT2D eigenvalue weighted by Gasteiger charge is -2.22. The van der Waals surface area contributed by atoms with E-state index in [4.69, 9.17) is 4.74 Å². The number of nitrogens with one attached hydrogen (secondary N) is 2. The number of hydrogen-bond donors (Lipinski definition) is 2. The molecular formula is C21H22BrFN2O4. The van der Waals surface area contributed by atoms with Gasteiger partial charge in [-0.1, -0.05) is 46.3 Å². The van der Waals surface area contributed by atoms with E-state index in [1.54, 1.807) is 6.07 Å².